The van der Waals surface area contributed by atoms with Crippen LogP contribution >= 0.6 is 0 Å². The summed E-state index contributed by atoms with van der Waals surface area (Å²) in [5.41, 5.74) is -1.48. The molecule has 2 bridgehead atoms. The fourth-order valence-electron chi connectivity index (χ4n) is 4.06. The SMILES string of the molecule is COC(=O)[C@@]1(C)[C@H]2CC[C@H](C2)[C@@]1(C)C(=O)OC. The maximum Gasteiger partial charge on any atom is 0.312 e. The fraction of sp³-hybridized carbons (Fsp3) is 0.846. The molecule has 0 spiro atoms. The second-order valence-corrected chi connectivity index (χ2v) is 5.59. The lowest BCUT2D eigenvalue weighted by atomic mass is 9.57. The van der Waals surface area contributed by atoms with Crippen molar-refractivity contribution in [2.24, 2.45) is 22.7 Å². The van der Waals surface area contributed by atoms with E-state index < -0.39 is 10.8 Å². The normalized spacial score (nSPS) is 43.5. The zero-order valence-electron chi connectivity index (χ0n) is 10.9. The molecule has 0 aromatic heterocycles. The van der Waals surface area contributed by atoms with Gasteiger partial charge in [0, 0.05) is 0 Å². The maximum absolute atomic E-state index is 12.1. The predicted molar refractivity (Wildman–Crippen MR) is 61.1 cm³/mol. The zero-order chi connectivity index (χ0) is 12.8. The third kappa shape index (κ3) is 1.24. The van der Waals surface area contributed by atoms with Crippen molar-refractivity contribution < 1.29 is 19.1 Å². The van der Waals surface area contributed by atoms with E-state index in [4.69, 9.17) is 9.47 Å². The van der Waals surface area contributed by atoms with Gasteiger partial charge in [0.25, 0.3) is 0 Å². The van der Waals surface area contributed by atoms with Crippen molar-refractivity contribution in [1.29, 1.82) is 0 Å². The summed E-state index contributed by atoms with van der Waals surface area (Å²) in [5, 5.41) is 0. The van der Waals surface area contributed by atoms with Crippen molar-refractivity contribution in [3.8, 4) is 0 Å². The minimum Gasteiger partial charge on any atom is -0.469 e. The van der Waals surface area contributed by atoms with Crippen LogP contribution in [0.5, 0.6) is 0 Å². The molecule has 0 radical (unpaired) electrons. The van der Waals surface area contributed by atoms with Crippen LogP contribution in [-0.4, -0.2) is 26.2 Å². The lowest BCUT2D eigenvalue weighted by molar-refractivity contribution is -0.181. The van der Waals surface area contributed by atoms with Crippen LogP contribution in [0.3, 0.4) is 0 Å². The molecule has 4 nitrogen and oxygen atoms in total. The smallest absolute Gasteiger partial charge is 0.312 e. The largest absolute Gasteiger partial charge is 0.469 e. The predicted octanol–water partition coefficient (Wildman–Crippen LogP) is 1.77. The summed E-state index contributed by atoms with van der Waals surface area (Å²) >= 11 is 0. The number of hydrogen-bond donors (Lipinski definition) is 0. The van der Waals surface area contributed by atoms with Crippen LogP contribution in [0.15, 0.2) is 0 Å². The number of carbonyl (C=O) groups excluding carboxylic acids is 2. The Balaban J connectivity index is 2.48. The van der Waals surface area contributed by atoms with E-state index in [1.807, 2.05) is 13.8 Å². The van der Waals surface area contributed by atoms with Crippen LogP contribution in [0.4, 0.5) is 0 Å². The molecule has 0 heterocycles. The van der Waals surface area contributed by atoms with Gasteiger partial charge in [0.2, 0.25) is 0 Å². The van der Waals surface area contributed by atoms with Gasteiger partial charge in [-0.3, -0.25) is 9.59 Å². The summed E-state index contributed by atoms with van der Waals surface area (Å²) in [6, 6.07) is 0. The second kappa shape index (κ2) is 3.72. The van der Waals surface area contributed by atoms with Crippen molar-refractivity contribution in [2.45, 2.75) is 33.1 Å². The minimum atomic E-state index is -0.738. The average Bonchev–Trinajstić information content (AvgIpc) is 2.90. The Hall–Kier alpha value is -1.06. The summed E-state index contributed by atoms with van der Waals surface area (Å²) in [4.78, 5) is 24.3. The van der Waals surface area contributed by atoms with Gasteiger partial charge >= 0.3 is 11.9 Å². The van der Waals surface area contributed by atoms with Crippen molar-refractivity contribution in [1.82, 2.24) is 0 Å². The second-order valence-electron chi connectivity index (χ2n) is 5.59. The molecule has 0 amide bonds. The highest BCUT2D eigenvalue weighted by Crippen LogP contribution is 2.67. The molecule has 0 saturated heterocycles. The summed E-state index contributed by atoms with van der Waals surface area (Å²) in [7, 11) is 2.77. The first-order valence-electron chi connectivity index (χ1n) is 6.09. The van der Waals surface area contributed by atoms with E-state index in [9.17, 15) is 9.59 Å². The Morgan fingerprint density at radius 1 is 0.941 bits per heavy atom. The first kappa shape index (κ1) is 12.4. The Morgan fingerprint density at radius 2 is 1.29 bits per heavy atom. The van der Waals surface area contributed by atoms with Gasteiger partial charge in [-0.1, -0.05) is 0 Å². The minimum absolute atomic E-state index is 0.240. The molecule has 2 saturated carbocycles. The van der Waals surface area contributed by atoms with Crippen LogP contribution in [0.2, 0.25) is 0 Å². The van der Waals surface area contributed by atoms with E-state index in [0.29, 0.717) is 0 Å². The van der Waals surface area contributed by atoms with Gasteiger partial charge in [0.05, 0.1) is 25.0 Å². The Bertz CT molecular complexity index is 330. The van der Waals surface area contributed by atoms with Gasteiger partial charge in [-0.2, -0.15) is 0 Å². The van der Waals surface area contributed by atoms with E-state index in [0.717, 1.165) is 19.3 Å². The highest BCUT2D eigenvalue weighted by Gasteiger charge is 2.70. The summed E-state index contributed by atoms with van der Waals surface area (Å²) in [5.74, 6) is -0.0803. The van der Waals surface area contributed by atoms with Gasteiger partial charge in [-0.15, -0.1) is 0 Å². The van der Waals surface area contributed by atoms with E-state index in [2.05, 4.69) is 0 Å². The van der Waals surface area contributed by atoms with Crippen molar-refractivity contribution in [3.63, 3.8) is 0 Å². The van der Waals surface area contributed by atoms with E-state index in [1.165, 1.54) is 14.2 Å². The van der Waals surface area contributed by atoms with Gasteiger partial charge in [0.1, 0.15) is 0 Å². The average molecular weight is 240 g/mol. The van der Waals surface area contributed by atoms with Crippen LogP contribution in [0.1, 0.15) is 33.1 Å². The van der Waals surface area contributed by atoms with Gasteiger partial charge in [0.15, 0.2) is 0 Å². The maximum atomic E-state index is 12.1. The standard InChI is InChI=1S/C13H20O4/c1-12(10(14)16-3)8-5-6-9(7-8)13(12,2)11(15)17-4/h8-9H,5-7H2,1-4H3/t8-,9+,12+,13-. The molecule has 0 N–H and O–H groups in total. The monoisotopic (exact) mass is 240 g/mol. The van der Waals surface area contributed by atoms with Crippen LogP contribution in [0, 0.1) is 22.7 Å². The summed E-state index contributed by atoms with van der Waals surface area (Å²) in [6.45, 7) is 3.72. The molecule has 2 aliphatic rings. The molecule has 0 aliphatic heterocycles. The molecule has 0 aromatic carbocycles. The number of rotatable bonds is 2. The van der Waals surface area contributed by atoms with Crippen molar-refractivity contribution in [3.05, 3.63) is 0 Å². The number of carbonyl (C=O) groups is 2. The molecule has 0 unspecified atom stereocenters. The van der Waals surface area contributed by atoms with Crippen LogP contribution in [-0.2, 0) is 19.1 Å². The zero-order valence-corrected chi connectivity index (χ0v) is 10.9. The number of esters is 2. The molecule has 17 heavy (non-hydrogen) atoms. The third-order valence-electron chi connectivity index (χ3n) is 5.36. The van der Waals surface area contributed by atoms with Gasteiger partial charge in [-0.25, -0.2) is 0 Å². The number of methoxy groups -OCH3 is 2. The van der Waals surface area contributed by atoms with Crippen LogP contribution < -0.4 is 0 Å². The summed E-state index contributed by atoms with van der Waals surface area (Å²) in [6.07, 6.45) is 2.93. The van der Waals surface area contributed by atoms with Crippen molar-refractivity contribution in [2.75, 3.05) is 14.2 Å². The van der Waals surface area contributed by atoms with E-state index in [-0.39, 0.29) is 23.8 Å². The number of fused-ring (bicyclic) bond motifs is 2. The lowest BCUT2D eigenvalue weighted by Gasteiger charge is -2.44. The van der Waals surface area contributed by atoms with Gasteiger partial charge < -0.3 is 9.47 Å². The lowest BCUT2D eigenvalue weighted by Crippen LogP contribution is -2.53. The van der Waals surface area contributed by atoms with Crippen molar-refractivity contribution >= 4 is 11.9 Å². The Labute approximate surface area is 102 Å². The quantitative estimate of drug-likeness (QED) is 0.690. The molecule has 0 aromatic rings. The Morgan fingerprint density at radius 3 is 1.59 bits per heavy atom. The summed E-state index contributed by atoms with van der Waals surface area (Å²) < 4.78 is 9.87. The van der Waals surface area contributed by atoms with E-state index in [1.54, 1.807) is 0 Å². The first-order valence-corrected chi connectivity index (χ1v) is 6.09. The first-order chi connectivity index (χ1) is 7.92. The molecule has 2 rings (SSSR count). The number of hydrogen-bond acceptors (Lipinski definition) is 4. The van der Waals surface area contributed by atoms with Gasteiger partial charge in [-0.05, 0) is 44.9 Å². The molecule has 96 valence electrons. The molecule has 2 fully saturated rings. The van der Waals surface area contributed by atoms with E-state index >= 15 is 0 Å². The molecule has 4 atom stereocenters. The highest BCUT2D eigenvalue weighted by molar-refractivity contribution is 5.89. The molecule has 4 heteroatoms. The highest BCUT2D eigenvalue weighted by atomic mass is 16.5. The molecular formula is C13H20O4. The molecule has 2 aliphatic carbocycles. The molecular weight excluding hydrogens is 220 g/mol. The topological polar surface area (TPSA) is 52.6 Å². The Kier molecular flexibility index (Phi) is 2.71. The third-order valence-corrected chi connectivity index (χ3v) is 5.36. The van der Waals surface area contributed by atoms with Crippen LogP contribution in [0.25, 0.3) is 0 Å². The fourth-order valence-corrected chi connectivity index (χ4v) is 4.06. The number of ether oxygens (including phenoxy) is 2.